The fraction of sp³-hybridized carbons (Fsp3) is 0.600. The van der Waals surface area contributed by atoms with Crippen LogP contribution in [-0.2, 0) is 0 Å². The second kappa shape index (κ2) is 4.48. The standard InChI is InChI=1S/C10H17N3O2S/c1-12-5-6(14)9-8-7(10(11)16-9)13(2)3-4-15-8/h6,12,14H,3-5,11H2,1-2H3. The van der Waals surface area contributed by atoms with Crippen LogP contribution in [0.25, 0.3) is 0 Å². The van der Waals surface area contributed by atoms with Gasteiger partial charge in [-0.15, -0.1) is 11.3 Å². The Morgan fingerprint density at radius 2 is 2.44 bits per heavy atom. The summed E-state index contributed by atoms with van der Waals surface area (Å²) in [6.07, 6.45) is -0.562. The smallest absolute Gasteiger partial charge is 0.161 e. The Labute approximate surface area is 98.8 Å². The molecule has 4 N–H and O–H groups in total. The normalized spacial score (nSPS) is 16.8. The summed E-state index contributed by atoms with van der Waals surface area (Å²) in [7, 11) is 3.79. The first-order chi connectivity index (χ1) is 7.65. The summed E-state index contributed by atoms with van der Waals surface area (Å²) in [6, 6.07) is 0. The molecule has 2 heterocycles. The van der Waals surface area contributed by atoms with Crippen molar-refractivity contribution in [2.45, 2.75) is 6.10 Å². The summed E-state index contributed by atoms with van der Waals surface area (Å²) in [5.41, 5.74) is 6.87. The number of anilines is 2. The summed E-state index contributed by atoms with van der Waals surface area (Å²) in [5, 5.41) is 13.6. The molecule has 1 aromatic rings. The molecule has 0 aromatic carbocycles. The lowest BCUT2D eigenvalue weighted by atomic mass is 10.2. The van der Waals surface area contributed by atoms with Gasteiger partial charge in [0.1, 0.15) is 23.4 Å². The maximum absolute atomic E-state index is 9.97. The van der Waals surface area contributed by atoms with Crippen molar-refractivity contribution in [3.05, 3.63) is 4.88 Å². The number of rotatable bonds is 3. The Morgan fingerprint density at radius 1 is 1.69 bits per heavy atom. The molecule has 1 atom stereocenters. The number of likely N-dealkylation sites (N-methyl/N-ethyl adjacent to an activating group) is 2. The third kappa shape index (κ3) is 1.83. The van der Waals surface area contributed by atoms with Crippen molar-refractivity contribution in [3.63, 3.8) is 0 Å². The van der Waals surface area contributed by atoms with Gasteiger partial charge in [-0.2, -0.15) is 0 Å². The van der Waals surface area contributed by atoms with Gasteiger partial charge in [0.05, 0.1) is 11.4 Å². The van der Waals surface area contributed by atoms with Crippen LogP contribution < -0.4 is 20.7 Å². The molecule has 2 rings (SSSR count). The predicted molar refractivity (Wildman–Crippen MR) is 66.4 cm³/mol. The topological polar surface area (TPSA) is 70.8 Å². The highest BCUT2D eigenvalue weighted by Gasteiger charge is 2.27. The van der Waals surface area contributed by atoms with Gasteiger partial charge in [0, 0.05) is 13.6 Å². The van der Waals surface area contributed by atoms with E-state index in [-0.39, 0.29) is 0 Å². The molecular weight excluding hydrogens is 226 g/mol. The quantitative estimate of drug-likeness (QED) is 0.717. The van der Waals surface area contributed by atoms with E-state index in [0.29, 0.717) is 18.2 Å². The first-order valence-electron chi connectivity index (χ1n) is 5.24. The van der Waals surface area contributed by atoms with Crippen LogP contribution in [-0.4, -0.2) is 38.9 Å². The molecule has 1 unspecified atom stereocenters. The predicted octanol–water partition coefficient (Wildman–Crippen LogP) is 0.412. The molecular formula is C10H17N3O2S. The second-order valence-corrected chi connectivity index (χ2v) is 4.94. The highest BCUT2D eigenvalue weighted by Crippen LogP contribution is 2.48. The monoisotopic (exact) mass is 243 g/mol. The zero-order chi connectivity index (χ0) is 11.7. The summed E-state index contributed by atoms with van der Waals surface area (Å²) in [4.78, 5) is 2.88. The van der Waals surface area contributed by atoms with E-state index in [9.17, 15) is 5.11 Å². The van der Waals surface area contributed by atoms with Gasteiger partial charge in [-0.05, 0) is 7.05 Å². The van der Waals surface area contributed by atoms with Crippen LogP contribution in [0.15, 0.2) is 0 Å². The molecule has 1 aliphatic rings. The van der Waals surface area contributed by atoms with Gasteiger partial charge in [0.15, 0.2) is 5.75 Å². The van der Waals surface area contributed by atoms with Crippen LogP contribution in [0.4, 0.5) is 10.7 Å². The van der Waals surface area contributed by atoms with E-state index in [0.717, 1.165) is 22.9 Å². The van der Waals surface area contributed by atoms with Crippen LogP contribution in [0, 0.1) is 0 Å². The fourth-order valence-electron chi connectivity index (χ4n) is 1.84. The number of aliphatic hydroxyl groups is 1. The zero-order valence-corrected chi connectivity index (χ0v) is 10.3. The average Bonchev–Trinajstić information content (AvgIpc) is 2.58. The van der Waals surface area contributed by atoms with Gasteiger partial charge in [-0.1, -0.05) is 0 Å². The Bertz CT molecular complexity index is 380. The van der Waals surface area contributed by atoms with Gasteiger partial charge in [-0.3, -0.25) is 0 Å². The molecule has 0 aliphatic carbocycles. The van der Waals surface area contributed by atoms with Gasteiger partial charge < -0.3 is 25.8 Å². The summed E-state index contributed by atoms with van der Waals surface area (Å²) >= 11 is 1.40. The van der Waals surface area contributed by atoms with Crippen molar-refractivity contribution in [2.24, 2.45) is 0 Å². The molecule has 0 radical (unpaired) electrons. The molecule has 90 valence electrons. The van der Waals surface area contributed by atoms with Gasteiger partial charge in [0.2, 0.25) is 0 Å². The first-order valence-corrected chi connectivity index (χ1v) is 6.05. The number of nitrogen functional groups attached to an aromatic ring is 1. The van der Waals surface area contributed by atoms with Crippen LogP contribution in [0.2, 0.25) is 0 Å². The minimum absolute atomic E-state index is 0.499. The lowest BCUT2D eigenvalue weighted by molar-refractivity contribution is 0.175. The molecule has 0 saturated heterocycles. The minimum Gasteiger partial charge on any atom is -0.488 e. The Hall–Kier alpha value is -0.980. The number of thiophene rings is 1. The molecule has 1 aromatic heterocycles. The minimum atomic E-state index is -0.562. The number of aliphatic hydroxyl groups excluding tert-OH is 1. The molecule has 0 fully saturated rings. The molecule has 5 nitrogen and oxygen atoms in total. The van der Waals surface area contributed by atoms with Crippen LogP contribution in [0.1, 0.15) is 11.0 Å². The number of ether oxygens (including phenoxy) is 1. The van der Waals surface area contributed by atoms with Crippen LogP contribution in [0.5, 0.6) is 5.75 Å². The SMILES string of the molecule is CNCC(O)c1sc(N)c2c1OCCN2C. The summed E-state index contributed by atoms with van der Waals surface area (Å²) < 4.78 is 5.61. The van der Waals surface area contributed by atoms with E-state index in [4.69, 9.17) is 10.5 Å². The lowest BCUT2D eigenvalue weighted by Gasteiger charge is -2.26. The van der Waals surface area contributed by atoms with E-state index in [2.05, 4.69) is 10.2 Å². The molecule has 1 aliphatic heterocycles. The lowest BCUT2D eigenvalue weighted by Crippen LogP contribution is -2.29. The van der Waals surface area contributed by atoms with Crippen LogP contribution in [0.3, 0.4) is 0 Å². The average molecular weight is 243 g/mol. The fourth-order valence-corrected chi connectivity index (χ4v) is 2.89. The second-order valence-electron chi connectivity index (χ2n) is 3.85. The number of nitrogens with zero attached hydrogens (tertiary/aromatic N) is 1. The van der Waals surface area contributed by atoms with Crippen molar-refractivity contribution in [3.8, 4) is 5.75 Å². The maximum atomic E-state index is 9.97. The molecule has 6 heteroatoms. The largest absolute Gasteiger partial charge is 0.488 e. The summed E-state index contributed by atoms with van der Waals surface area (Å²) in [6.45, 7) is 1.97. The van der Waals surface area contributed by atoms with E-state index >= 15 is 0 Å². The Morgan fingerprint density at radius 3 is 3.12 bits per heavy atom. The summed E-state index contributed by atoms with van der Waals surface area (Å²) in [5.74, 6) is 0.749. The molecule has 16 heavy (non-hydrogen) atoms. The number of hydrogen-bond donors (Lipinski definition) is 3. The van der Waals surface area contributed by atoms with Crippen molar-refractivity contribution in [2.75, 3.05) is 44.4 Å². The van der Waals surface area contributed by atoms with E-state index in [1.54, 1.807) is 7.05 Å². The van der Waals surface area contributed by atoms with Gasteiger partial charge in [0.25, 0.3) is 0 Å². The van der Waals surface area contributed by atoms with Crippen molar-refractivity contribution in [1.29, 1.82) is 0 Å². The number of fused-ring (bicyclic) bond motifs is 1. The van der Waals surface area contributed by atoms with E-state index in [1.165, 1.54) is 11.3 Å². The third-order valence-electron chi connectivity index (χ3n) is 2.65. The highest BCUT2D eigenvalue weighted by atomic mass is 32.1. The van der Waals surface area contributed by atoms with Crippen molar-refractivity contribution in [1.82, 2.24) is 5.32 Å². The number of nitrogens with two attached hydrogens (primary N) is 1. The van der Waals surface area contributed by atoms with Gasteiger partial charge >= 0.3 is 0 Å². The highest BCUT2D eigenvalue weighted by molar-refractivity contribution is 7.17. The maximum Gasteiger partial charge on any atom is 0.161 e. The molecule has 0 bridgehead atoms. The van der Waals surface area contributed by atoms with Crippen LogP contribution >= 0.6 is 11.3 Å². The van der Waals surface area contributed by atoms with E-state index < -0.39 is 6.10 Å². The zero-order valence-electron chi connectivity index (χ0n) is 9.49. The number of nitrogens with one attached hydrogen (secondary N) is 1. The molecule has 0 amide bonds. The van der Waals surface area contributed by atoms with Crippen molar-refractivity contribution >= 4 is 22.0 Å². The molecule has 0 saturated carbocycles. The Kier molecular flexibility index (Phi) is 3.22. The molecule has 0 spiro atoms. The third-order valence-corrected chi connectivity index (χ3v) is 3.74. The van der Waals surface area contributed by atoms with Crippen molar-refractivity contribution < 1.29 is 9.84 Å². The first kappa shape index (κ1) is 11.5. The Balaban J connectivity index is 2.37. The van der Waals surface area contributed by atoms with E-state index in [1.807, 2.05) is 7.05 Å². The van der Waals surface area contributed by atoms with Gasteiger partial charge in [-0.25, -0.2) is 0 Å². The number of hydrogen-bond acceptors (Lipinski definition) is 6.